The molecule has 4 aromatic rings. The number of carbonyl (C=O) groups is 1. The van der Waals surface area contributed by atoms with Gasteiger partial charge in [0.25, 0.3) is 5.91 Å². The first-order chi connectivity index (χ1) is 16.5. The van der Waals surface area contributed by atoms with Crippen LogP contribution < -0.4 is 15.1 Å². The highest BCUT2D eigenvalue weighted by molar-refractivity contribution is 6.30. The molecule has 0 saturated heterocycles. The Morgan fingerprint density at radius 1 is 1.09 bits per heavy atom. The number of nitrogens with one attached hydrogen (secondary N) is 2. The van der Waals surface area contributed by atoms with Gasteiger partial charge in [-0.1, -0.05) is 48.0 Å². The summed E-state index contributed by atoms with van der Waals surface area (Å²) in [5, 5.41) is 11.7. The zero-order chi connectivity index (χ0) is 23.9. The standard InChI is InChI=1S/C26H24ClN5O2.ClH/c1-32(2)22-12-8-18(9-13-22)16-28-31-26(33)25-15-24(29-30-25)20-4-3-5-23(14-20)34-17-19-6-10-21(27)11-7-19;/h3-16H,17H2,1-2H3,(H,29,30)(H,31,33);1H. The van der Waals surface area contributed by atoms with Crippen molar-refractivity contribution in [3.63, 3.8) is 0 Å². The van der Waals surface area contributed by atoms with Crippen LogP contribution in [0, 0.1) is 0 Å². The van der Waals surface area contributed by atoms with Gasteiger partial charge >= 0.3 is 0 Å². The van der Waals surface area contributed by atoms with Crippen LogP contribution in [0.25, 0.3) is 11.3 Å². The molecule has 4 rings (SSSR count). The summed E-state index contributed by atoms with van der Waals surface area (Å²) in [6, 6.07) is 24.6. The maximum Gasteiger partial charge on any atom is 0.289 e. The molecule has 1 amide bonds. The Hall–Kier alpha value is -3.81. The van der Waals surface area contributed by atoms with E-state index in [1.54, 1.807) is 12.3 Å². The first-order valence-electron chi connectivity index (χ1n) is 10.6. The van der Waals surface area contributed by atoms with Crippen LogP contribution >= 0.6 is 24.0 Å². The van der Waals surface area contributed by atoms with Gasteiger partial charge in [0, 0.05) is 30.4 Å². The second-order valence-corrected chi connectivity index (χ2v) is 8.23. The van der Waals surface area contributed by atoms with Gasteiger partial charge in [-0.05, 0) is 53.6 Å². The lowest BCUT2D eigenvalue weighted by Gasteiger charge is -2.11. The third-order valence-corrected chi connectivity index (χ3v) is 5.31. The van der Waals surface area contributed by atoms with Crippen molar-refractivity contribution >= 4 is 41.8 Å². The molecule has 0 saturated carbocycles. The lowest BCUT2D eigenvalue weighted by atomic mass is 10.1. The maximum atomic E-state index is 12.4. The summed E-state index contributed by atoms with van der Waals surface area (Å²) >= 11 is 5.92. The molecule has 0 aliphatic carbocycles. The minimum Gasteiger partial charge on any atom is -0.489 e. The summed E-state index contributed by atoms with van der Waals surface area (Å²) in [7, 11) is 3.96. The summed E-state index contributed by atoms with van der Waals surface area (Å²) < 4.78 is 5.88. The summed E-state index contributed by atoms with van der Waals surface area (Å²) in [4.78, 5) is 14.5. The van der Waals surface area contributed by atoms with Crippen molar-refractivity contribution in [1.82, 2.24) is 15.6 Å². The summed E-state index contributed by atoms with van der Waals surface area (Å²) in [5.74, 6) is 0.321. The first-order valence-corrected chi connectivity index (χ1v) is 11.0. The minimum atomic E-state index is -0.380. The Kier molecular flexibility index (Phi) is 8.89. The van der Waals surface area contributed by atoms with E-state index in [2.05, 4.69) is 20.7 Å². The molecule has 0 aliphatic heterocycles. The van der Waals surface area contributed by atoms with E-state index in [0.717, 1.165) is 22.4 Å². The molecule has 0 atom stereocenters. The van der Waals surface area contributed by atoms with Crippen molar-refractivity contribution in [1.29, 1.82) is 0 Å². The van der Waals surface area contributed by atoms with Crippen LogP contribution in [0.5, 0.6) is 5.75 Å². The monoisotopic (exact) mass is 509 g/mol. The lowest BCUT2D eigenvalue weighted by Crippen LogP contribution is -2.18. The Bertz CT molecular complexity index is 1290. The second kappa shape index (κ2) is 12.1. The van der Waals surface area contributed by atoms with Gasteiger partial charge < -0.3 is 9.64 Å². The topological polar surface area (TPSA) is 82.6 Å². The van der Waals surface area contributed by atoms with Crippen LogP contribution in [0.1, 0.15) is 21.6 Å². The van der Waals surface area contributed by atoms with E-state index in [0.29, 0.717) is 28.8 Å². The number of H-pyrrole nitrogens is 1. The van der Waals surface area contributed by atoms with Gasteiger partial charge in [0.05, 0.1) is 11.9 Å². The Morgan fingerprint density at radius 3 is 2.54 bits per heavy atom. The average Bonchev–Trinajstić information content (AvgIpc) is 3.35. The van der Waals surface area contributed by atoms with Crippen LogP contribution in [0.4, 0.5) is 5.69 Å². The third kappa shape index (κ3) is 7.09. The zero-order valence-electron chi connectivity index (χ0n) is 19.2. The van der Waals surface area contributed by atoms with Gasteiger partial charge in [-0.2, -0.15) is 10.2 Å². The number of hydrogen-bond acceptors (Lipinski definition) is 5. The molecule has 0 aliphatic rings. The quantitative estimate of drug-likeness (QED) is 0.240. The molecule has 1 aromatic heterocycles. The number of hydrazone groups is 1. The van der Waals surface area contributed by atoms with Gasteiger partial charge in [-0.25, -0.2) is 5.43 Å². The minimum absolute atomic E-state index is 0. The van der Waals surface area contributed by atoms with Crippen molar-refractivity contribution in [3.8, 4) is 17.0 Å². The first kappa shape index (κ1) is 25.8. The fraction of sp³-hybridized carbons (Fsp3) is 0.115. The van der Waals surface area contributed by atoms with Crippen LogP contribution in [0.2, 0.25) is 5.02 Å². The Labute approximate surface area is 215 Å². The summed E-state index contributed by atoms with van der Waals surface area (Å²) in [5.41, 5.74) is 7.27. The van der Waals surface area contributed by atoms with E-state index >= 15 is 0 Å². The fourth-order valence-electron chi connectivity index (χ4n) is 3.16. The molecule has 7 nitrogen and oxygen atoms in total. The van der Waals surface area contributed by atoms with Crippen molar-refractivity contribution in [3.05, 3.63) is 101 Å². The molecule has 0 fully saturated rings. The van der Waals surface area contributed by atoms with Gasteiger partial charge in [0.2, 0.25) is 0 Å². The van der Waals surface area contributed by atoms with Crippen LogP contribution in [-0.4, -0.2) is 36.4 Å². The average molecular weight is 510 g/mol. The Morgan fingerprint density at radius 2 is 1.83 bits per heavy atom. The van der Waals surface area contributed by atoms with Crippen molar-refractivity contribution in [2.45, 2.75) is 6.61 Å². The van der Waals surface area contributed by atoms with E-state index in [4.69, 9.17) is 16.3 Å². The van der Waals surface area contributed by atoms with Crippen molar-refractivity contribution in [2.75, 3.05) is 19.0 Å². The summed E-state index contributed by atoms with van der Waals surface area (Å²) in [6.07, 6.45) is 1.59. The van der Waals surface area contributed by atoms with Crippen LogP contribution in [0.3, 0.4) is 0 Å². The van der Waals surface area contributed by atoms with E-state index in [9.17, 15) is 4.79 Å². The highest BCUT2D eigenvalue weighted by Gasteiger charge is 2.11. The third-order valence-electron chi connectivity index (χ3n) is 5.06. The number of rotatable bonds is 8. The van der Waals surface area contributed by atoms with Gasteiger partial charge in [-0.3, -0.25) is 9.89 Å². The maximum absolute atomic E-state index is 12.4. The number of hydrogen-bond donors (Lipinski definition) is 2. The molecule has 0 radical (unpaired) electrons. The SMILES string of the molecule is CN(C)c1ccc(C=NNC(=O)c2cc(-c3cccc(OCc4ccc(Cl)cc4)c3)n[nH]2)cc1.Cl. The molecule has 35 heavy (non-hydrogen) atoms. The highest BCUT2D eigenvalue weighted by atomic mass is 35.5. The predicted octanol–water partition coefficient (Wildman–Crippen LogP) is 5.56. The number of halogens is 2. The molecule has 9 heteroatoms. The number of nitrogens with zero attached hydrogens (tertiary/aromatic N) is 3. The lowest BCUT2D eigenvalue weighted by molar-refractivity contribution is 0.0950. The molecular weight excluding hydrogens is 485 g/mol. The zero-order valence-corrected chi connectivity index (χ0v) is 20.8. The molecule has 0 unspecified atom stereocenters. The molecule has 0 bridgehead atoms. The predicted molar refractivity (Wildman–Crippen MR) is 143 cm³/mol. The van der Waals surface area contributed by atoms with Crippen LogP contribution in [0.15, 0.2) is 84.0 Å². The Balaban J connectivity index is 0.00000342. The van der Waals surface area contributed by atoms with E-state index in [1.165, 1.54) is 0 Å². The number of benzene rings is 3. The second-order valence-electron chi connectivity index (χ2n) is 7.79. The van der Waals surface area contributed by atoms with E-state index in [-0.39, 0.29) is 18.3 Å². The molecule has 2 N–H and O–H groups in total. The smallest absolute Gasteiger partial charge is 0.289 e. The summed E-state index contributed by atoms with van der Waals surface area (Å²) in [6.45, 7) is 0.421. The van der Waals surface area contributed by atoms with Gasteiger partial charge in [0.1, 0.15) is 18.1 Å². The number of anilines is 1. The molecule has 3 aromatic carbocycles. The van der Waals surface area contributed by atoms with Crippen molar-refractivity contribution < 1.29 is 9.53 Å². The number of aromatic nitrogens is 2. The molecular formula is C26H25Cl2N5O2. The van der Waals surface area contributed by atoms with Gasteiger partial charge in [0.15, 0.2) is 0 Å². The molecule has 180 valence electrons. The molecule has 1 heterocycles. The number of aromatic amines is 1. The van der Waals surface area contributed by atoms with Crippen molar-refractivity contribution in [2.24, 2.45) is 5.10 Å². The normalized spacial score (nSPS) is 10.6. The fourth-order valence-corrected chi connectivity index (χ4v) is 3.29. The van der Waals surface area contributed by atoms with E-state index < -0.39 is 0 Å². The number of carbonyl (C=O) groups excluding carboxylic acids is 1. The molecule has 0 spiro atoms. The van der Waals surface area contributed by atoms with Gasteiger partial charge in [-0.15, -0.1) is 12.4 Å². The van der Waals surface area contributed by atoms with Crippen LogP contribution in [-0.2, 0) is 6.61 Å². The highest BCUT2D eigenvalue weighted by Crippen LogP contribution is 2.24. The van der Waals surface area contributed by atoms with E-state index in [1.807, 2.05) is 91.8 Å². The number of amides is 1. The number of ether oxygens (including phenoxy) is 1. The largest absolute Gasteiger partial charge is 0.489 e.